The van der Waals surface area contributed by atoms with Crippen LogP contribution in [0, 0.1) is 0 Å². The van der Waals surface area contributed by atoms with Gasteiger partial charge in [-0.25, -0.2) is 9.59 Å². The Balaban J connectivity index is 1.67. The smallest absolute Gasteiger partial charge is 0.343 e. The fraction of sp³-hybridized carbons (Fsp3) is 0.787. The molecule has 0 aliphatic carbocycles. The highest BCUT2D eigenvalue weighted by molar-refractivity contribution is 5.96. The lowest BCUT2D eigenvalue weighted by Gasteiger charge is -2.20. The summed E-state index contributed by atoms with van der Waals surface area (Å²) in [5.74, 6) is 2.12. The second-order valence-electron chi connectivity index (χ2n) is 40.6. The maximum Gasteiger partial charge on any atom is 0.343 e. The normalized spacial score (nSPS) is 11.5. The molecular weight excluding hydrogens is 1650 g/mol. The van der Waals surface area contributed by atoms with Gasteiger partial charge in [-0.3, -0.25) is 0 Å². The Kier molecular flexibility index (Phi) is 80.8. The van der Waals surface area contributed by atoms with E-state index in [4.69, 9.17) is 49.4 Å². The topological polar surface area (TPSA) is 160 Å². The second kappa shape index (κ2) is 89.8. The first-order valence-electron chi connectivity index (χ1n) is 58.5. The van der Waals surface area contributed by atoms with Crippen LogP contribution in [0.15, 0.2) is 60.7 Å². The second-order valence-corrected chi connectivity index (χ2v) is 40.6. The van der Waals surface area contributed by atoms with Crippen molar-refractivity contribution in [1.82, 2.24) is 0 Å². The van der Waals surface area contributed by atoms with Crippen molar-refractivity contribution in [3.63, 3.8) is 0 Å². The highest BCUT2D eigenvalue weighted by atomic mass is 16.6. The molecule has 0 spiro atoms. The molecule has 0 saturated carbocycles. The molecule has 4 N–H and O–H groups in total. The van der Waals surface area contributed by atoms with Crippen LogP contribution in [0.25, 0.3) is 11.1 Å². The van der Waals surface area contributed by atoms with Crippen molar-refractivity contribution in [2.24, 2.45) is 0 Å². The summed E-state index contributed by atoms with van der Waals surface area (Å²) in [5.41, 5.74) is 15.6. The van der Waals surface area contributed by atoms with Gasteiger partial charge in [0.15, 0.2) is 23.0 Å². The van der Waals surface area contributed by atoms with Crippen molar-refractivity contribution < 1.29 is 47.5 Å². The number of unbranched alkanes of at least 4 members (excludes halogenated alkanes) is 78. The molecule has 0 aromatic heterocycles. The van der Waals surface area contributed by atoms with Crippen LogP contribution < -0.4 is 49.4 Å². The standard InChI is InChI=1S/C122H212N2O10/c1-7-13-19-25-31-37-43-49-55-61-67-73-79-85-95-127-115-101-107(102-116(128-96-86-80-74-68-62-56-50-44-38-32-26-20-14-8-2)119(115)131-99-89-83-77-71-65-59-53-47-41-35-29-23-17-11-5)121(125)133-113-105-109(123)91-93-111(113)112-94-92-110(124)106-114(112)134-122(126)108-103-117(129-97-87-81-75-69-63-57-51-45-39-33-27-21-15-9-3)120(132-100-90-84-78-72-66-60-54-48-42-36-30-24-18-12-6)118(104-108)130-98-88-82-76-70-64-58-52-46-40-34-28-22-16-10-4/h91-94,101-106H,7-90,95-100,123-124H2,1-6H3. The predicted molar refractivity (Wildman–Crippen MR) is 578 cm³/mol. The monoisotopic (exact) mass is 1870 g/mol. The number of benzene rings is 4. The molecule has 770 valence electrons. The van der Waals surface area contributed by atoms with Gasteiger partial charge in [0.2, 0.25) is 11.5 Å². The molecule has 0 amide bonds. The third kappa shape index (κ3) is 65.2. The third-order valence-corrected chi connectivity index (χ3v) is 27.7. The van der Waals surface area contributed by atoms with Gasteiger partial charge < -0.3 is 49.4 Å². The third-order valence-electron chi connectivity index (χ3n) is 27.7. The van der Waals surface area contributed by atoms with Gasteiger partial charge in [-0.15, -0.1) is 0 Å². The molecule has 4 rings (SSSR count). The molecule has 0 radical (unpaired) electrons. The molecule has 134 heavy (non-hydrogen) atoms. The van der Waals surface area contributed by atoms with Crippen LogP contribution in [0.4, 0.5) is 11.4 Å². The van der Waals surface area contributed by atoms with Crippen LogP contribution in [-0.2, 0) is 0 Å². The molecule has 0 aliphatic rings. The van der Waals surface area contributed by atoms with Crippen molar-refractivity contribution in [2.45, 2.75) is 581 Å². The first-order valence-corrected chi connectivity index (χ1v) is 58.5. The van der Waals surface area contributed by atoms with Gasteiger partial charge in [0.05, 0.1) is 50.8 Å². The largest absolute Gasteiger partial charge is 0.490 e. The van der Waals surface area contributed by atoms with E-state index in [0.717, 1.165) is 103 Å². The number of carbonyl (C=O) groups is 2. The number of esters is 2. The van der Waals surface area contributed by atoms with Gasteiger partial charge in [-0.2, -0.15) is 0 Å². The van der Waals surface area contributed by atoms with Crippen LogP contribution in [0.3, 0.4) is 0 Å². The van der Waals surface area contributed by atoms with Gasteiger partial charge in [-0.05, 0) is 87.1 Å². The van der Waals surface area contributed by atoms with Crippen LogP contribution >= 0.6 is 0 Å². The lowest BCUT2D eigenvalue weighted by atomic mass is 10.0. The van der Waals surface area contributed by atoms with Gasteiger partial charge in [-0.1, -0.05) is 542 Å². The number of hydrogen-bond donors (Lipinski definition) is 2. The summed E-state index contributed by atoms with van der Waals surface area (Å²) in [4.78, 5) is 30.7. The van der Waals surface area contributed by atoms with Crippen LogP contribution in [0.2, 0.25) is 0 Å². The quantitative estimate of drug-likeness (QED) is 0.0187. The van der Waals surface area contributed by atoms with E-state index < -0.39 is 11.9 Å². The van der Waals surface area contributed by atoms with Crippen LogP contribution in [-0.4, -0.2) is 51.6 Å². The Morgan fingerprint density at radius 2 is 0.321 bits per heavy atom. The fourth-order valence-electron chi connectivity index (χ4n) is 19.0. The number of rotatable bonds is 101. The summed E-state index contributed by atoms with van der Waals surface area (Å²) in [6, 6.07) is 17.6. The molecule has 0 heterocycles. The van der Waals surface area contributed by atoms with Crippen molar-refractivity contribution >= 4 is 23.3 Å². The highest BCUT2D eigenvalue weighted by Crippen LogP contribution is 2.45. The summed E-state index contributed by atoms with van der Waals surface area (Å²) in [6.07, 6.45) is 107. The van der Waals surface area contributed by atoms with Crippen molar-refractivity contribution in [3.05, 3.63) is 71.8 Å². The Labute approximate surface area is 826 Å². The minimum Gasteiger partial charge on any atom is -0.490 e. The first kappa shape index (κ1) is 121. The maximum atomic E-state index is 15.3. The molecule has 0 atom stereocenters. The fourth-order valence-corrected chi connectivity index (χ4v) is 19.0. The minimum atomic E-state index is -0.623. The molecule has 0 fully saturated rings. The lowest BCUT2D eigenvalue weighted by Crippen LogP contribution is -2.13. The number of hydrogen-bond acceptors (Lipinski definition) is 12. The summed E-state index contributed by atoms with van der Waals surface area (Å²) in [5, 5.41) is 0. The zero-order valence-corrected chi connectivity index (χ0v) is 88.7. The van der Waals surface area contributed by atoms with Crippen molar-refractivity contribution in [2.75, 3.05) is 51.1 Å². The number of anilines is 2. The number of carbonyl (C=O) groups excluding carboxylic acids is 2. The highest BCUT2D eigenvalue weighted by Gasteiger charge is 2.26. The van der Waals surface area contributed by atoms with E-state index in [1.54, 1.807) is 48.5 Å². The molecule has 0 aliphatic heterocycles. The van der Waals surface area contributed by atoms with E-state index in [1.165, 1.54) is 437 Å². The van der Waals surface area contributed by atoms with E-state index in [2.05, 4.69) is 41.5 Å². The molecule has 12 nitrogen and oxygen atoms in total. The van der Waals surface area contributed by atoms with E-state index in [1.807, 2.05) is 12.1 Å². The van der Waals surface area contributed by atoms with Crippen LogP contribution in [0.1, 0.15) is 602 Å². The van der Waals surface area contributed by atoms with E-state index in [9.17, 15) is 0 Å². The first-order chi connectivity index (χ1) is 66.2. The molecule has 4 aromatic carbocycles. The van der Waals surface area contributed by atoms with Gasteiger partial charge in [0.25, 0.3) is 0 Å². The Hall–Kier alpha value is -5.78. The average molecular weight is 1870 g/mol. The number of ether oxygens (including phenoxy) is 8. The van der Waals surface area contributed by atoms with Gasteiger partial charge in [0, 0.05) is 34.6 Å². The molecule has 0 saturated heterocycles. The Morgan fingerprint density at radius 1 is 0.179 bits per heavy atom. The number of nitrogen functional groups attached to an aromatic ring is 2. The SMILES string of the molecule is CCCCCCCCCCCCCCCCOc1cc(C(=O)Oc2cc(N)ccc2-c2ccc(N)cc2OC(=O)c2cc(OCCCCCCCCCCCCCCCC)c(OCCCCCCCCCCCCCCCC)c(OCCCCCCCCCCCCCCCC)c2)cc(OCCCCCCCCCCCCCCCC)c1OCCCCCCCCCCCCCCCC. The molecule has 0 unspecified atom stereocenters. The van der Waals surface area contributed by atoms with Crippen LogP contribution in [0.5, 0.6) is 46.0 Å². The molecule has 12 heteroatoms. The minimum absolute atomic E-state index is 0.184. The zero-order valence-electron chi connectivity index (χ0n) is 88.7. The lowest BCUT2D eigenvalue weighted by molar-refractivity contribution is 0.0722. The van der Waals surface area contributed by atoms with Crippen molar-refractivity contribution in [1.29, 1.82) is 0 Å². The average Bonchev–Trinajstić information content (AvgIpc) is 0.779. The molecule has 4 aromatic rings. The van der Waals surface area contributed by atoms with Gasteiger partial charge in [0.1, 0.15) is 11.5 Å². The predicted octanol–water partition coefficient (Wildman–Crippen LogP) is 40.1. The van der Waals surface area contributed by atoms with E-state index in [0.29, 0.717) is 96.6 Å². The van der Waals surface area contributed by atoms with E-state index >= 15 is 9.59 Å². The summed E-state index contributed by atoms with van der Waals surface area (Å²) in [6.45, 7) is 16.7. The molecular formula is C122H212N2O10. The Morgan fingerprint density at radius 3 is 0.478 bits per heavy atom. The zero-order chi connectivity index (χ0) is 95.6. The van der Waals surface area contributed by atoms with Gasteiger partial charge >= 0.3 is 11.9 Å². The number of nitrogens with two attached hydrogens (primary N) is 2. The summed E-state index contributed by atoms with van der Waals surface area (Å²) >= 11 is 0. The van der Waals surface area contributed by atoms with E-state index in [-0.39, 0.29) is 22.6 Å². The maximum absolute atomic E-state index is 15.3. The summed E-state index contributed by atoms with van der Waals surface area (Å²) < 4.78 is 54.2. The Bertz CT molecular complexity index is 2990. The van der Waals surface area contributed by atoms with Crippen molar-refractivity contribution in [3.8, 4) is 57.1 Å². The summed E-state index contributed by atoms with van der Waals surface area (Å²) in [7, 11) is 0. The molecule has 0 bridgehead atoms.